The Morgan fingerprint density at radius 3 is 2.27 bits per heavy atom. The molecule has 0 heterocycles. The average molecular weight is 202 g/mol. The fourth-order valence-corrected chi connectivity index (χ4v) is 1.68. The van der Waals surface area contributed by atoms with Crippen molar-refractivity contribution in [3.8, 4) is 6.07 Å². The molecule has 1 aromatic rings. The van der Waals surface area contributed by atoms with Gasteiger partial charge >= 0.3 is 0 Å². The van der Waals surface area contributed by atoms with E-state index in [0.29, 0.717) is 6.42 Å². The van der Waals surface area contributed by atoms with Crippen molar-refractivity contribution in [3.63, 3.8) is 0 Å². The largest absolute Gasteiger partial charge is 0.371 e. The number of hydrogen-bond donors (Lipinski definition) is 0. The van der Waals surface area contributed by atoms with Crippen molar-refractivity contribution in [2.24, 2.45) is 0 Å². The molecule has 1 rings (SSSR count). The van der Waals surface area contributed by atoms with Crippen LogP contribution < -0.4 is 4.90 Å². The molecule has 1 unspecified atom stereocenters. The number of nitrogens with zero attached hydrogens (tertiary/aromatic N) is 2. The number of hydrogen-bond acceptors (Lipinski definition) is 2. The van der Waals surface area contributed by atoms with Gasteiger partial charge in [-0.25, -0.2) is 0 Å². The van der Waals surface area contributed by atoms with Gasteiger partial charge in [-0.15, -0.1) is 0 Å². The summed E-state index contributed by atoms with van der Waals surface area (Å²) in [6.45, 7) is 6.26. The SMILES string of the molecule is Cc1cc(C)cc(N(C)C(C)CC#N)c1. The minimum atomic E-state index is 0.260. The summed E-state index contributed by atoms with van der Waals surface area (Å²) in [5.74, 6) is 0. The van der Waals surface area contributed by atoms with Gasteiger partial charge in [0.1, 0.15) is 0 Å². The standard InChI is InChI=1S/C13H18N2/c1-10-7-11(2)9-13(8-10)15(4)12(3)5-6-14/h7-9,12H,5H2,1-4H3. The van der Waals surface area contributed by atoms with E-state index in [0.717, 1.165) is 0 Å². The van der Waals surface area contributed by atoms with E-state index in [1.807, 2.05) is 7.05 Å². The van der Waals surface area contributed by atoms with Crippen LogP contribution in [0, 0.1) is 25.2 Å². The molecule has 0 saturated carbocycles. The smallest absolute Gasteiger partial charge is 0.0643 e. The average Bonchev–Trinajstić information content (AvgIpc) is 2.15. The summed E-state index contributed by atoms with van der Waals surface area (Å²) in [7, 11) is 2.04. The Balaban J connectivity index is 2.91. The lowest BCUT2D eigenvalue weighted by Gasteiger charge is -2.25. The van der Waals surface area contributed by atoms with E-state index in [4.69, 9.17) is 5.26 Å². The van der Waals surface area contributed by atoms with Gasteiger partial charge in [0.2, 0.25) is 0 Å². The van der Waals surface area contributed by atoms with Crippen molar-refractivity contribution >= 4 is 5.69 Å². The van der Waals surface area contributed by atoms with Crippen LogP contribution >= 0.6 is 0 Å². The fraction of sp³-hybridized carbons (Fsp3) is 0.462. The fourth-order valence-electron chi connectivity index (χ4n) is 1.68. The van der Waals surface area contributed by atoms with Gasteiger partial charge in [0.15, 0.2) is 0 Å². The molecule has 1 aromatic carbocycles. The molecule has 0 bridgehead atoms. The van der Waals surface area contributed by atoms with E-state index in [2.05, 4.69) is 49.9 Å². The normalized spacial score (nSPS) is 11.9. The Morgan fingerprint density at radius 1 is 1.27 bits per heavy atom. The molecule has 0 aliphatic rings. The first kappa shape index (κ1) is 11.6. The van der Waals surface area contributed by atoms with Gasteiger partial charge in [0.05, 0.1) is 12.5 Å². The quantitative estimate of drug-likeness (QED) is 0.753. The molecule has 0 N–H and O–H groups in total. The minimum Gasteiger partial charge on any atom is -0.371 e. The Bertz CT molecular complexity index is 356. The number of nitriles is 1. The number of benzene rings is 1. The van der Waals surface area contributed by atoms with Crippen LogP contribution in [-0.2, 0) is 0 Å². The van der Waals surface area contributed by atoms with Gasteiger partial charge in [-0.05, 0) is 44.0 Å². The van der Waals surface area contributed by atoms with Gasteiger partial charge in [0.25, 0.3) is 0 Å². The zero-order valence-corrected chi connectivity index (χ0v) is 9.91. The highest BCUT2D eigenvalue weighted by molar-refractivity contribution is 5.51. The third-order valence-electron chi connectivity index (χ3n) is 2.66. The lowest BCUT2D eigenvalue weighted by Crippen LogP contribution is -2.28. The van der Waals surface area contributed by atoms with Crippen LogP contribution in [0.1, 0.15) is 24.5 Å². The van der Waals surface area contributed by atoms with E-state index in [1.54, 1.807) is 0 Å². The van der Waals surface area contributed by atoms with Crippen molar-refractivity contribution in [1.29, 1.82) is 5.26 Å². The molecule has 0 aliphatic carbocycles. The first-order valence-corrected chi connectivity index (χ1v) is 5.22. The summed E-state index contributed by atoms with van der Waals surface area (Å²) in [5.41, 5.74) is 3.72. The molecule has 0 fully saturated rings. The molecule has 80 valence electrons. The maximum absolute atomic E-state index is 8.66. The van der Waals surface area contributed by atoms with Crippen molar-refractivity contribution in [2.45, 2.75) is 33.2 Å². The highest BCUT2D eigenvalue weighted by Crippen LogP contribution is 2.20. The third-order valence-corrected chi connectivity index (χ3v) is 2.66. The monoisotopic (exact) mass is 202 g/mol. The maximum Gasteiger partial charge on any atom is 0.0643 e. The Labute approximate surface area is 92.1 Å². The van der Waals surface area contributed by atoms with E-state index >= 15 is 0 Å². The number of anilines is 1. The Hall–Kier alpha value is -1.49. The highest BCUT2D eigenvalue weighted by atomic mass is 15.1. The Morgan fingerprint density at radius 2 is 1.80 bits per heavy atom. The van der Waals surface area contributed by atoms with Gasteiger partial charge in [0, 0.05) is 18.8 Å². The molecular formula is C13H18N2. The van der Waals surface area contributed by atoms with Crippen molar-refractivity contribution in [3.05, 3.63) is 29.3 Å². The lowest BCUT2D eigenvalue weighted by atomic mass is 10.1. The predicted molar refractivity (Wildman–Crippen MR) is 64.0 cm³/mol. The van der Waals surface area contributed by atoms with Crippen LogP contribution in [0.2, 0.25) is 0 Å². The first-order valence-electron chi connectivity index (χ1n) is 5.22. The topological polar surface area (TPSA) is 27.0 Å². The van der Waals surface area contributed by atoms with Crippen molar-refractivity contribution in [1.82, 2.24) is 0 Å². The van der Waals surface area contributed by atoms with Crippen LogP contribution in [0.3, 0.4) is 0 Å². The zero-order valence-electron chi connectivity index (χ0n) is 9.91. The van der Waals surface area contributed by atoms with Crippen LogP contribution in [0.4, 0.5) is 5.69 Å². The van der Waals surface area contributed by atoms with Gasteiger partial charge in [-0.2, -0.15) is 5.26 Å². The molecule has 2 nitrogen and oxygen atoms in total. The first-order chi connectivity index (χ1) is 7.04. The van der Waals surface area contributed by atoms with Crippen LogP contribution in [0.15, 0.2) is 18.2 Å². The van der Waals surface area contributed by atoms with E-state index in [9.17, 15) is 0 Å². The van der Waals surface area contributed by atoms with Gasteiger partial charge in [-0.1, -0.05) is 6.07 Å². The molecular weight excluding hydrogens is 184 g/mol. The zero-order chi connectivity index (χ0) is 11.4. The summed E-state index contributed by atoms with van der Waals surface area (Å²) >= 11 is 0. The van der Waals surface area contributed by atoms with Crippen LogP contribution in [0.5, 0.6) is 0 Å². The molecule has 0 aliphatic heterocycles. The second-order valence-corrected chi connectivity index (χ2v) is 4.17. The molecule has 2 heteroatoms. The van der Waals surface area contributed by atoms with E-state index < -0.39 is 0 Å². The molecule has 0 aromatic heterocycles. The Kier molecular flexibility index (Phi) is 3.74. The minimum absolute atomic E-state index is 0.260. The van der Waals surface area contributed by atoms with Crippen molar-refractivity contribution < 1.29 is 0 Å². The van der Waals surface area contributed by atoms with Crippen LogP contribution in [-0.4, -0.2) is 13.1 Å². The molecule has 0 amide bonds. The summed E-state index contributed by atoms with van der Waals surface area (Å²) in [6.07, 6.45) is 0.559. The van der Waals surface area contributed by atoms with Gasteiger partial charge < -0.3 is 4.90 Å². The summed E-state index contributed by atoms with van der Waals surface area (Å²) in [4.78, 5) is 2.16. The van der Waals surface area contributed by atoms with E-state index in [1.165, 1.54) is 16.8 Å². The molecule has 1 atom stereocenters. The predicted octanol–water partition coefficient (Wildman–Crippen LogP) is 3.04. The molecule has 0 saturated heterocycles. The number of rotatable bonds is 3. The van der Waals surface area contributed by atoms with Crippen LogP contribution in [0.25, 0.3) is 0 Å². The van der Waals surface area contributed by atoms with Crippen molar-refractivity contribution in [2.75, 3.05) is 11.9 Å². The summed E-state index contributed by atoms with van der Waals surface area (Å²) in [6, 6.07) is 8.93. The van der Waals surface area contributed by atoms with E-state index in [-0.39, 0.29) is 6.04 Å². The molecule has 15 heavy (non-hydrogen) atoms. The molecule has 0 spiro atoms. The summed E-state index contributed by atoms with van der Waals surface area (Å²) in [5, 5.41) is 8.66. The number of aryl methyl sites for hydroxylation is 2. The second kappa shape index (κ2) is 4.84. The van der Waals surface area contributed by atoms with Gasteiger partial charge in [-0.3, -0.25) is 0 Å². The summed E-state index contributed by atoms with van der Waals surface area (Å²) < 4.78 is 0. The maximum atomic E-state index is 8.66. The third kappa shape index (κ3) is 2.99. The highest BCUT2D eigenvalue weighted by Gasteiger charge is 2.09. The lowest BCUT2D eigenvalue weighted by molar-refractivity contribution is 0.702. The second-order valence-electron chi connectivity index (χ2n) is 4.17. The molecule has 0 radical (unpaired) electrons.